The van der Waals surface area contributed by atoms with Gasteiger partial charge in [-0.2, -0.15) is 0 Å². The van der Waals surface area contributed by atoms with E-state index in [9.17, 15) is 40.9 Å². The first-order valence-corrected chi connectivity index (χ1v) is 19.8. The molecule has 12 heteroatoms. The number of aliphatic hydroxyl groups excluding tert-OH is 7. The van der Waals surface area contributed by atoms with Gasteiger partial charge in [0.15, 0.2) is 12.6 Å². The zero-order valence-corrected chi connectivity index (χ0v) is 32.5. The quantitative estimate of drug-likeness (QED) is 0.134. The maximum atomic E-state index is 12.2. The van der Waals surface area contributed by atoms with Crippen molar-refractivity contribution in [3.8, 4) is 0 Å². The van der Waals surface area contributed by atoms with Crippen LogP contribution in [0.2, 0.25) is 0 Å². The summed E-state index contributed by atoms with van der Waals surface area (Å²) in [5.41, 5.74) is -1.42. The Bertz CT molecular complexity index is 1300. The van der Waals surface area contributed by atoms with Crippen LogP contribution < -0.4 is 0 Å². The van der Waals surface area contributed by atoms with E-state index in [1.807, 2.05) is 6.92 Å². The standard InChI is InChI=1S/C40H68O12/c1-20(2)10-9-13-40(8,48)21-11-15-38(6)28(21)22(41)16-26-37(5)14-12-27(44)36(3,4)33(37)25(17-39(26,38)7)51-35-32(30(46)24(43)19-50-35)52-34-31(47)29(45)23(42)18-49-34/h10,21-35,41-48H,9,11-19H2,1-8H3/t21-,22+,23+,24+,25-,26+,27-,28-,29-,30-,31+,32+,33-,34-,35-,37+,38+,39+,40-/m0/s1. The highest BCUT2D eigenvalue weighted by Gasteiger charge is 2.73. The van der Waals surface area contributed by atoms with Crippen molar-refractivity contribution in [2.24, 2.45) is 45.3 Å². The number of fused-ring (bicyclic) bond motifs is 5. The monoisotopic (exact) mass is 740 g/mol. The lowest BCUT2D eigenvalue weighted by molar-refractivity contribution is -0.365. The lowest BCUT2D eigenvalue weighted by Crippen LogP contribution is -2.71. The average molecular weight is 741 g/mol. The molecule has 6 aliphatic rings. The van der Waals surface area contributed by atoms with Crippen LogP contribution in [0.3, 0.4) is 0 Å². The average Bonchev–Trinajstić information content (AvgIpc) is 3.44. The number of hydrogen-bond donors (Lipinski definition) is 8. The number of ether oxygens (including phenoxy) is 4. The summed E-state index contributed by atoms with van der Waals surface area (Å²) in [7, 11) is 0. The molecule has 0 aromatic rings. The Hall–Kier alpha value is -0.740. The van der Waals surface area contributed by atoms with E-state index in [0.29, 0.717) is 25.7 Å². The molecule has 12 nitrogen and oxygen atoms in total. The molecular formula is C40H68O12. The van der Waals surface area contributed by atoms with E-state index >= 15 is 0 Å². The minimum Gasteiger partial charge on any atom is -0.393 e. The smallest absolute Gasteiger partial charge is 0.186 e. The molecule has 0 aromatic carbocycles. The van der Waals surface area contributed by atoms with Gasteiger partial charge < -0.3 is 59.8 Å². The molecule has 8 N–H and O–H groups in total. The maximum absolute atomic E-state index is 12.2. The third-order valence-corrected chi connectivity index (χ3v) is 15.7. The van der Waals surface area contributed by atoms with Crippen LogP contribution in [0.4, 0.5) is 0 Å². The van der Waals surface area contributed by atoms with Gasteiger partial charge in [-0.3, -0.25) is 0 Å². The first-order valence-electron chi connectivity index (χ1n) is 19.8. The van der Waals surface area contributed by atoms with Gasteiger partial charge in [-0.15, -0.1) is 0 Å². The van der Waals surface area contributed by atoms with E-state index < -0.39 is 78.5 Å². The van der Waals surface area contributed by atoms with Crippen LogP contribution in [0, 0.1) is 45.3 Å². The van der Waals surface area contributed by atoms with Crippen LogP contribution in [0.1, 0.15) is 107 Å². The second kappa shape index (κ2) is 14.3. The van der Waals surface area contributed by atoms with Crippen molar-refractivity contribution in [3.05, 3.63) is 11.6 Å². The van der Waals surface area contributed by atoms with E-state index in [1.165, 1.54) is 5.57 Å². The van der Waals surface area contributed by atoms with Crippen LogP contribution in [-0.4, -0.2) is 127 Å². The fourth-order valence-corrected chi connectivity index (χ4v) is 12.8. The summed E-state index contributed by atoms with van der Waals surface area (Å²) in [6.07, 6.45) is -5.24. The molecule has 6 rings (SSSR count). The first kappa shape index (κ1) is 40.9. The summed E-state index contributed by atoms with van der Waals surface area (Å²) in [5.74, 6) is -0.325. The molecule has 52 heavy (non-hydrogen) atoms. The van der Waals surface area contributed by atoms with Crippen molar-refractivity contribution in [2.75, 3.05) is 13.2 Å². The molecule has 300 valence electrons. The maximum Gasteiger partial charge on any atom is 0.186 e. The van der Waals surface area contributed by atoms with E-state index in [1.54, 1.807) is 0 Å². The van der Waals surface area contributed by atoms with Crippen LogP contribution in [-0.2, 0) is 18.9 Å². The zero-order chi connectivity index (χ0) is 38.3. The van der Waals surface area contributed by atoms with Crippen LogP contribution in [0.5, 0.6) is 0 Å². The van der Waals surface area contributed by atoms with Gasteiger partial charge in [0.25, 0.3) is 0 Å². The van der Waals surface area contributed by atoms with Crippen molar-refractivity contribution < 1.29 is 59.8 Å². The summed E-state index contributed by atoms with van der Waals surface area (Å²) in [4.78, 5) is 0. The predicted molar refractivity (Wildman–Crippen MR) is 190 cm³/mol. The molecular weight excluding hydrogens is 672 g/mol. The molecule has 4 saturated carbocycles. The van der Waals surface area contributed by atoms with Crippen molar-refractivity contribution in [2.45, 2.75) is 180 Å². The largest absolute Gasteiger partial charge is 0.393 e. The summed E-state index contributed by atoms with van der Waals surface area (Å²) in [6.45, 7) is 16.6. The Kier molecular flexibility index (Phi) is 11.3. The van der Waals surface area contributed by atoms with Gasteiger partial charge in [0.05, 0.1) is 37.1 Å². The molecule has 2 saturated heterocycles. The molecule has 2 heterocycles. The molecule has 0 aromatic heterocycles. The topological polar surface area (TPSA) is 199 Å². The van der Waals surface area contributed by atoms with E-state index in [0.717, 1.165) is 25.7 Å². The highest BCUT2D eigenvalue weighted by molar-refractivity contribution is 5.22. The van der Waals surface area contributed by atoms with Gasteiger partial charge in [-0.05, 0) is 117 Å². The fraction of sp³-hybridized carbons (Fsp3) is 0.950. The van der Waals surface area contributed by atoms with Crippen molar-refractivity contribution in [1.82, 2.24) is 0 Å². The van der Waals surface area contributed by atoms with Crippen LogP contribution in [0.15, 0.2) is 11.6 Å². The summed E-state index contributed by atoms with van der Waals surface area (Å²) in [5, 5.41) is 88.6. The lowest BCUT2D eigenvalue weighted by atomic mass is 9.34. The Morgan fingerprint density at radius 2 is 1.42 bits per heavy atom. The van der Waals surface area contributed by atoms with E-state index in [2.05, 4.69) is 54.5 Å². The van der Waals surface area contributed by atoms with Crippen LogP contribution >= 0.6 is 0 Å². The highest BCUT2D eigenvalue weighted by Crippen LogP contribution is 2.76. The molecule has 0 amide bonds. The Balaban J connectivity index is 1.35. The number of hydrogen-bond acceptors (Lipinski definition) is 12. The summed E-state index contributed by atoms with van der Waals surface area (Å²) in [6, 6.07) is 0. The minimum atomic E-state index is -1.62. The third-order valence-electron chi connectivity index (χ3n) is 15.7. The third kappa shape index (κ3) is 6.56. The van der Waals surface area contributed by atoms with Crippen molar-refractivity contribution in [1.29, 1.82) is 0 Å². The van der Waals surface area contributed by atoms with E-state index in [4.69, 9.17) is 18.9 Å². The zero-order valence-electron chi connectivity index (χ0n) is 32.5. The van der Waals surface area contributed by atoms with Gasteiger partial charge >= 0.3 is 0 Å². The molecule has 0 radical (unpaired) electrons. The molecule has 0 unspecified atom stereocenters. The molecule has 4 aliphatic carbocycles. The summed E-state index contributed by atoms with van der Waals surface area (Å²) >= 11 is 0. The van der Waals surface area contributed by atoms with E-state index in [-0.39, 0.29) is 53.1 Å². The molecule has 19 atom stereocenters. The van der Waals surface area contributed by atoms with Gasteiger partial charge in [0.2, 0.25) is 0 Å². The van der Waals surface area contributed by atoms with Gasteiger partial charge in [0, 0.05) is 0 Å². The second-order valence-corrected chi connectivity index (χ2v) is 19.4. The van der Waals surface area contributed by atoms with Gasteiger partial charge in [0.1, 0.15) is 36.6 Å². The lowest BCUT2D eigenvalue weighted by Gasteiger charge is -2.72. The van der Waals surface area contributed by atoms with Crippen molar-refractivity contribution >= 4 is 0 Å². The van der Waals surface area contributed by atoms with Gasteiger partial charge in [-0.25, -0.2) is 0 Å². The predicted octanol–water partition coefficient (Wildman–Crippen LogP) is 2.40. The Morgan fingerprint density at radius 1 is 0.788 bits per heavy atom. The molecule has 6 fully saturated rings. The minimum absolute atomic E-state index is 0.0859. The Labute approximate surface area is 309 Å². The first-order chi connectivity index (χ1) is 24.1. The normalized spacial score (nSPS) is 52.9. The number of aliphatic hydroxyl groups is 8. The molecule has 2 aliphatic heterocycles. The fourth-order valence-electron chi connectivity index (χ4n) is 12.8. The second-order valence-electron chi connectivity index (χ2n) is 19.4. The number of rotatable bonds is 8. The van der Waals surface area contributed by atoms with Crippen LogP contribution in [0.25, 0.3) is 0 Å². The summed E-state index contributed by atoms with van der Waals surface area (Å²) < 4.78 is 24.7. The van der Waals surface area contributed by atoms with Gasteiger partial charge in [-0.1, -0.05) is 46.3 Å². The van der Waals surface area contributed by atoms with Crippen molar-refractivity contribution in [3.63, 3.8) is 0 Å². The molecule has 0 bridgehead atoms. The SMILES string of the molecule is CC(C)=CCC[C@](C)(O)[C@H]1CC[C@]2(C)[C@@H]1[C@H](O)C[C@@H]1[C@@]3(C)CC[C@H](O)C(C)(C)[C@@H]3[C@@H](O[C@@H]3OC[C@@H](O)[C@H](O)[C@H]3O[C@@H]3OC[C@@H](O)[C@H](O)[C@H]3O)C[C@]12C. The Morgan fingerprint density at radius 3 is 2.08 bits per heavy atom. The highest BCUT2D eigenvalue weighted by atomic mass is 16.7. The number of allylic oxidation sites excluding steroid dienone is 2. The molecule has 0 spiro atoms.